The third-order valence-electron chi connectivity index (χ3n) is 7.83. The van der Waals surface area contributed by atoms with Crippen LogP contribution in [0, 0.1) is 0 Å². The molecule has 6 heteroatoms. The first kappa shape index (κ1) is 29.1. The van der Waals surface area contributed by atoms with Crippen LogP contribution in [-0.4, -0.2) is 21.0 Å². The maximum atomic E-state index is 6.41. The molecule has 0 aliphatic carbocycles. The van der Waals surface area contributed by atoms with E-state index in [2.05, 4.69) is 121 Å². The van der Waals surface area contributed by atoms with Crippen LogP contribution in [0.5, 0.6) is 23.0 Å². The van der Waals surface area contributed by atoms with Gasteiger partial charge in [-0.05, 0) is 61.3 Å². The van der Waals surface area contributed by atoms with Crippen LogP contribution >= 0.6 is 15.8 Å². The summed E-state index contributed by atoms with van der Waals surface area (Å²) in [6.07, 6.45) is 0. The topological polar surface area (TPSA) is 36.9 Å². The molecule has 0 bridgehead atoms. The second kappa shape index (κ2) is 13.2. The van der Waals surface area contributed by atoms with Crippen molar-refractivity contribution in [3.63, 3.8) is 0 Å². The van der Waals surface area contributed by atoms with Gasteiger partial charge in [0.25, 0.3) is 0 Å². The Morgan fingerprint density at radius 3 is 1.02 bits per heavy atom. The lowest BCUT2D eigenvalue weighted by atomic mass is 10.0. The highest BCUT2D eigenvalue weighted by atomic mass is 31.1. The summed E-state index contributed by atoms with van der Waals surface area (Å²) < 4.78 is 25.2. The summed E-state index contributed by atoms with van der Waals surface area (Å²) >= 11 is 0. The number of methoxy groups -OCH3 is 2. The molecule has 0 aromatic heterocycles. The lowest BCUT2D eigenvalue weighted by molar-refractivity contribution is 0.125. The molecule has 0 N–H and O–H groups in total. The van der Waals surface area contributed by atoms with Gasteiger partial charge in [-0.15, -0.1) is 0 Å². The molecule has 4 nitrogen and oxygen atoms in total. The lowest BCUT2D eigenvalue weighted by Gasteiger charge is -2.29. The molecule has 1 heterocycles. The predicted molar refractivity (Wildman–Crippen MR) is 189 cm³/mol. The van der Waals surface area contributed by atoms with Crippen molar-refractivity contribution in [3.05, 3.63) is 146 Å². The second-order valence-corrected chi connectivity index (χ2v) is 14.7. The summed E-state index contributed by atoms with van der Waals surface area (Å²) in [7, 11) is 1.35. The van der Waals surface area contributed by atoms with Gasteiger partial charge < -0.3 is 18.9 Å². The highest BCUT2D eigenvalue weighted by molar-refractivity contribution is 7.81. The van der Waals surface area contributed by atoms with Crippen molar-refractivity contribution >= 4 is 47.7 Å². The van der Waals surface area contributed by atoms with E-state index in [-0.39, 0.29) is 6.79 Å². The third-order valence-corrected chi connectivity index (χ3v) is 12.9. The van der Waals surface area contributed by atoms with Gasteiger partial charge in [0, 0.05) is 21.7 Å². The Hall–Kier alpha value is -4.62. The van der Waals surface area contributed by atoms with Crippen molar-refractivity contribution in [2.75, 3.05) is 21.0 Å². The molecule has 0 spiro atoms. The van der Waals surface area contributed by atoms with Crippen molar-refractivity contribution in [1.29, 1.82) is 0 Å². The molecule has 0 radical (unpaired) electrons. The minimum Gasteiger partial charge on any atom is -0.496 e. The SMILES string of the molecule is COc1ccc2c(c1P(c1ccccc1)c1ccccc1)-c1c(ccc(OC)c1P(c1ccccc1)c1ccccc1)OCO2. The van der Waals surface area contributed by atoms with Crippen molar-refractivity contribution in [3.8, 4) is 34.1 Å². The zero-order valence-corrected chi connectivity index (χ0v) is 26.9. The molecule has 6 aromatic carbocycles. The fourth-order valence-electron chi connectivity index (χ4n) is 5.88. The Kier molecular flexibility index (Phi) is 8.52. The Balaban J connectivity index is 1.62. The van der Waals surface area contributed by atoms with Gasteiger partial charge >= 0.3 is 0 Å². The van der Waals surface area contributed by atoms with Crippen LogP contribution in [0.15, 0.2) is 146 Å². The molecule has 6 aromatic rings. The van der Waals surface area contributed by atoms with E-state index in [1.807, 2.05) is 24.3 Å². The van der Waals surface area contributed by atoms with Gasteiger partial charge in [0.15, 0.2) is 0 Å². The molecule has 7 rings (SSSR count). The zero-order valence-electron chi connectivity index (χ0n) is 25.1. The van der Waals surface area contributed by atoms with Crippen molar-refractivity contribution in [2.45, 2.75) is 0 Å². The Labute approximate surface area is 266 Å². The quantitative estimate of drug-likeness (QED) is 0.178. The number of hydrogen-bond acceptors (Lipinski definition) is 4. The van der Waals surface area contributed by atoms with Gasteiger partial charge in [-0.1, -0.05) is 121 Å². The molecule has 1 aliphatic heterocycles. The van der Waals surface area contributed by atoms with Crippen LogP contribution in [0.4, 0.5) is 0 Å². The van der Waals surface area contributed by atoms with E-state index in [1.54, 1.807) is 14.2 Å². The Bertz CT molecular complexity index is 1680. The van der Waals surface area contributed by atoms with Gasteiger partial charge in [-0.2, -0.15) is 0 Å². The van der Waals surface area contributed by atoms with E-state index in [4.69, 9.17) is 18.9 Å². The highest BCUT2D eigenvalue weighted by Crippen LogP contribution is 2.51. The van der Waals surface area contributed by atoms with Gasteiger partial charge in [0.2, 0.25) is 6.79 Å². The predicted octanol–water partition coefficient (Wildman–Crippen LogP) is 6.62. The molecular formula is C39H32O4P2. The Morgan fingerprint density at radius 1 is 0.422 bits per heavy atom. The molecule has 0 saturated carbocycles. The van der Waals surface area contributed by atoms with Crippen LogP contribution < -0.4 is 50.8 Å². The number of rotatable bonds is 8. The molecule has 0 unspecified atom stereocenters. The summed E-state index contributed by atoms with van der Waals surface area (Å²) in [5.74, 6) is 3.13. The van der Waals surface area contributed by atoms with Crippen LogP contribution in [-0.2, 0) is 0 Å². The fourth-order valence-corrected chi connectivity index (χ4v) is 11.1. The van der Waals surface area contributed by atoms with E-state index < -0.39 is 15.8 Å². The van der Waals surface area contributed by atoms with E-state index in [0.29, 0.717) is 0 Å². The lowest BCUT2D eigenvalue weighted by Crippen LogP contribution is -2.27. The average Bonchev–Trinajstić information content (AvgIpc) is 3.30. The normalized spacial score (nSPS) is 12.0. The standard InChI is InChI=1S/C39H32O4P2/c1-40-34-25-23-32-36(38(34)44(28-15-7-3-8-16-28)29-17-9-4-10-18-29)37-33(43-27-42-32)24-26-35(41-2)39(37)45(30-19-11-5-12-20-30)31-21-13-6-14-22-31/h3-26H,27H2,1-2H3. The van der Waals surface area contributed by atoms with E-state index in [9.17, 15) is 0 Å². The van der Waals surface area contributed by atoms with E-state index in [1.165, 1.54) is 21.2 Å². The van der Waals surface area contributed by atoms with Crippen LogP contribution in [0.1, 0.15) is 0 Å². The van der Waals surface area contributed by atoms with Gasteiger partial charge in [0.05, 0.1) is 14.2 Å². The molecule has 1 aliphatic rings. The summed E-state index contributed by atoms with van der Waals surface area (Å²) in [5.41, 5.74) is 1.96. The van der Waals surface area contributed by atoms with Crippen molar-refractivity contribution in [1.82, 2.24) is 0 Å². The largest absolute Gasteiger partial charge is 0.496 e. The maximum Gasteiger partial charge on any atom is 0.230 e. The maximum absolute atomic E-state index is 6.41. The smallest absolute Gasteiger partial charge is 0.230 e. The third kappa shape index (κ3) is 5.57. The molecular weight excluding hydrogens is 594 g/mol. The van der Waals surface area contributed by atoms with Gasteiger partial charge in [-0.3, -0.25) is 0 Å². The number of hydrogen-bond donors (Lipinski definition) is 0. The van der Waals surface area contributed by atoms with Crippen molar-refractivity contribution in [2.24, 2.45) is 0 Å². The number of fused-ring (bicyclic) bond motifs is 3. The minimum atomic E-state index is -1.07. The first-order chi connectivity index (χ1) is 22.3. The highest BCUT2D eigenvalue weighted by Gasteiger charge is 2.35. The first-order valence-corrected chi connectivity index (χ1v) is 17.4. The molecule has 222 valence electrons. The van der Waals surface area contributed by atoms with E-state index >= 15 is 0 Å². The summed E-state index contributed by atoms with van der Waals surface area (Å²) in [4.78, 5) is 0. The average molecular weight is 627 g/mol. The van der Waals surface area contributed by atoms with Crippen LogP contribution in [0.2, 0.25) is 0 Å². The number of ether oxygens (including phenoxy) is 4. The first-order valence-electron chi connectivity index (χ1n) is 14.8. The molecule has 0 fully saturated rings. The van der Waals surface area contributed by atoms with Crippen LogP contribution in [0.3, 0.4) is 0 Å². The molecule has 0 amide bonds. The molecule has 0 atom stereocenters. The van der Waals surface area contributed by atoms with E-state index in [0.717, 1.165) is 44.7 Å². The van der Waals surface area contributed by atoms with Crippen molar-refractivity contribution < 1.29 is 18.9 Å². The number of benzene rings is 6. The molecule has 45 heavy (non-hydrogen) atoms. The fraction of sp³-hybridized carbons (Fsp3) is 0.0769. The zero-order chi connectivity index (χ0) is 30.6. The van der Waals surface area contributed by atoms with Crippen LogP contribution in [0.25, 0.3) is 11.1 Å². The monoisotopic (exact) mass is 626 g/mol. The molecule has 0 saturated heterocycles. The van der Waals surface area contributed by atoms with Gasteiger partial charge in [-0.25, -0.2) is 0 Å². The minimum absolute atomic E-state index is 0.0980. The van der Waals surface area contributed by atoms with Gasteiger partial charge in [0.1, 0.15) is 23.0 Å². The second-order valence-electron chi connectivity index (χ2n) is 10.4. The summed E-state index contributed by atoms with van der Waals surface area (Å²) in [6, 6.07) is 50.8. The summed E-state index contributed by atoms with van der Waals surface area (Å²) in [5, 5.41) is 7.04. The Morgan fingerprint density at radius 2 is 0.733 bits per heavy atom. The summed E-state index contributed by atoms with van der Waals surface area (Å²) in [6.45, 7) is 0.0980.